The number of nitriles is 1. The lowest BCUT2D eigenvalue weighted by molar-refractivity contribution is 0.861. The van der Waals surface area contributed by atoms with Gasteiger partial charge in [-0.3, -0.25) is 9.56 Å². The van der Waals surface area contributed by atoms with Crippen LogP contribution in [-0.4, -0.2) is 20.5 Å². The van der Waals surface area contributed by atoms with Crippen molar-refractivity contribution in [1.29, 1.82) is 5.26 Å². The average molecular weight is 334 g/mol. The Bertz CT molecular complexity index is 1010. The highest BCUT2D eigenvalue weighted by Gasteiger charge is 2.21. The Morgan fingerprint density at radius 3 is 2.67 bits per heavy atom. The predicted molar refractivity (Wildman–Crippen MR) is 91.6 cm³/mol. The Balaban J connectivity index is 1.99. The van der Waals surface area contributed by atoms with Crippen molar-refractivity contribution in [3.63, 3.8) is 0 Å². The number of aromatic nitrogens is 3. The van der Waals surface area contributed by atoms with Gasteiger partial charge in [0.2, 0.25) is 0 Å². The van der Waals surface area contributed by atoms with E-state index in [-0.39, 0.29) is 0 Å². The molecule has 6 heteroatoms. The summed E-state index contributed by atoms with van der Waals surface area (Å²) >= 11 is 6.00. The number of rotatable bonds is 1. The van der Waals surface area contributed by atoms with Crippen molar-refractivity contribution in [2.75, 3.05) is 0 Å². The average Bonchev–Trinajstić information content (AvgIpc) is 2.88. The number of hydrogen-bond acceptors (Lipinski definition) is 4. The van der Waals surface area contributed by atoms with Crippen LogP contribution in [0.1, 0.15) is 28.3 Å². The summed E-state index contributed by atoms with van der Waals surface area (Å²) in [4.78, 5) is 4.74. The van der Waals surface area contributed by atoms with Crippen molar-refractivity contribution in [1.82, 2.24) is 14.8 Å². The zero-order valence-electron chi connectivity index (χ0n) is 12.9. The smallest absolute Gasteiger partial charge is 0.159 e. The van der Waals surface area contributed by atoms with E-state index < -0.39 is 0 Å². The number of hydrogen-bond donors (Lipinski definition) is 0. The van der Waals surface area contributed by atoms with Crippen LogP contribution in [0.4, 0.5) is 0 Å². The summed E-state index contributed by atoms with van der Waals surface area (Å²) in [5, 5.41) is 18.3. The lowest BCUT2D eigenvalue weighted by Gasteiger charge is -2.13. The minimum Gasteiger partial charge on any atom is -0.281 e. The molecule has 0 saturated carbocycles. The molecule has 4 rings (SSSR count). The lowest BCUT2D eigenvalue weighted by atomic mass is 9.98. The third-order valence-corrected chi connectivity index (χ3v) is 4.26. The maximum absolute atomic E-state index is 9.27. The summed E-state index contributed by atoms with van der Waals surface area (Å²) in [6, 6.07) is 15.3. The number of fused-ring (bicyclic) bond motifs is 3. The highest BCUT2D eigenvalue weighted by molar-refractivity contribution is 6.30. The highest BCUT2D eigenvalue weighted by atomic mass is 35.5. The third kappa shape index (κ3) is 2.29. The zero-order chi connectivity index (χ0) is 16.7. The second kappa shape index (κ2) is 5.59. The van der Waals surface area contributed by atoms with Gasteiger partial charge in [-0.25, -0.2) is 0 Å². The molecule has 0 spiro atoms. The number of benzene rings is 2. The molecule has 0 N–H and O–H groups in total. The van der Waals surface area contributed by atoms with Gasteiger partial charge >= 0.3 is 0 Å². The molecule has 0 aliphatic carbocycles. The minimum atomic E-state index is 0.426. The second-order valence-corrected chi connectivity index (χ2v) is 5.95. The summed E-state index contributed by atoms with van der Waals surface area (Å²) in [7, 11) is 0. The van der Waals surface area contributed by atoms with E-state index >= 15 is 0 Å². The number of aryl methyl sites for hydroxylation is 1. The molecule has 0 amide bonds. The molecule has 0 atom stereocenters. The van der Waals surface area contributed by atoms with Crippen LogP contribution >= 0.6 is 11.6 Å². The van der Waals surface area contributed by atoms with E-state index in [0.29, 0.717) is 17.1 Å². The largest absolute Gasteiger partial charge is 0.281 e. The molecular weight excluding hydrogens is 322 g/mol. The normalized spacial score (nSPS) is 12.6. The van der Waals surface area contributed by atoms with Crippen LogP contribution in [0, 0.1) is 18.3 Å². The van der Waals surface area contributed by atoms with E-state index in [1.54, 1.807) is 6.07 Å². The topological polar surface area (TPSA) is 66.9 Å². The van der Waals surface area contributed by atoms with Gasteiger partial charge in [0, 0.05) is 16.1 Å². The van der Waals surface area contributed by atoms with Gasteiger partial charge in [0.15, 0.2) is 5.82 Å². The Hall–Kier alpha value is -2.97. The van der Waals surface area contributed by atoms with Gasteiger partial charge in [-0.2, -0.15) is 5.26 Å². The van der Waals surface area contributed by atoms with E-state index in [2.05, 4.69) is 16.3 Å². The minimum absolute atomic E-state index is 0.426. The number of halogens is 1. The van der Waals surface area contributed by atoms with Crippen LogP contribution in [0.3, 0.4) is 0 Å². The van der Waals surface area contributed by atoms with Crippen LogP contribution in [0.2, 0.25) is 5.02 Å². The molecule has 0 bridgehead atoms. The molecule has 24 heavy (non-hydrogen) atoms. The molecule has 116 valence electrons. The maximum Gasteiger partial charge on any atom is 0.159 e. The van der Waals surface area contributed by atoms with E-state index in [1.165, 1.54) is 0 Å². The molecule has 2 aromatic carbocycles. The van der Waals surface area contributed by atoms with Crippen molar-refractivity contribution in [2.45, 2.75) is 13.5 Å². The van der Waals surface area contributed by atoms with Crippen LogP contribution in [0.5, 0.6) is 0 Å². The number of aliphatic imine (C=N–C) groups is 1. The first-order chi connectivity index (χ1) is 11.7. The van der Waals surface area contributed by atoms with E-state index in [9.17, 15) is 5.26 Å². The summed E-state index contributed by atoms with van der Waals surface area (Å²) in [6.07, 6.45) is 0. The molecule has 2 heterocycles. The van der Waals surface area contributed by atoms with Crippen molar-refractivity contribution < 1.29 is 0 Å². The molecule has 0 unspecified atom stereocenters. The van der Waals surface area contributed by atoms with Gasteiger partial charge < -0.3 is 0 Å². The molecule has 5 nitrogen and oxygen atoms in total. The Kier molecular flexibility index (Phi) is 3.40. The van der Waals surface area contributed by atoms with Crippen molar-refractivity contribution >= 4 is 17.3 Å². The molecule has 3 aromatic rings. The standard InChI is InChI=1S/C18H12ClN5/c1-11-22-23-17-10-21-18(13-3-5-14(19)6-4-13)15-8-12(9-20)2-7-16(15)24(11)17/h2-8H,10H2,1H3. The molecular formula is C18H12ClN5. The quantitative estimate of drug-likeness (QED) is 0.685. The third-order valence-electron chi connectivity index (χ3n) is 4.01. The predicted octanol–water partition coefficient (Wildman–Crippen LogP) is 3.45. The fraction of sp³-hybridized carbons (Fsp3) is 0.111. The van der Waals surface area contributed by atoms with Gasteiger partial charge in [0.05, 0.1) is 23.0 Å². The summed E-state index contributed by atoms with van der Waals surface area (Å²) in [6.45, 7) is 2.33. The first kappa shape index (κ1) is 14.6. The monoisotopic (exact) mass is 333 g/mol. The maximum atomic E-state index is 9.27. The van der Waals surface area contributed by atoms with Crippen LogP contribution < -0.4 is 0 Å². The summed E-state index contributed by atoms with van der Waals surface area (Å²) in [5.74, 6) is 1.57. The van der Waals surface area contributed by atoms with Gasteiger partial charge in [-0.15, -0.1) is 10.2 Å². The van der Waals surface area contributed by atoms with Crippen molar-refractivity contribution in [3.05, 3.63) is 75.8 Å². The molecule has 1 aliphatic rings. The highest BCUT2D eigenvalue weighted by Crippen LogP contribution is 2.27. The molecule has 0 fully saturated rings. The molecule has 0 saturated heterocycles. The number of nitrogens with zero attached hydrogens (tertiary/aromatic N) is 5. The summed E-state index contributed by atoms with van der Waals surface area (Å²) in [5.41, 5.74) is 4.18. The first-order valence-corrected chi connectivity index (χ1v) is 7.81. The Morgan fingerprint density at radius 2 is 1.92 bits per heavy atom. The van der Waals surface area contributed by atoms with Crippen LogP contribution in [0.15, 0.2) is 47.5 Å². The van der Waals surface area contributed by atoms with E-state index in [4.69, 9.17) is 16.6 Å². The van der Waals surface area contributed by atoms with Crippen molar-refractivity contribution in [2.24, 2.45) is 4.99 Å². The lowest BCUT2D eigenvalue weighted by Crippen LogP contribution is -2.08. The van der Waals surface area contributed by atoms with Crippen LogP contribution in [0.25, 0.3) is 5.69 Å². The Morgan fingerprint density at radius 1 is 1.12 bits per heavy atom. The van der Waals surface area contributed by atoms with Gasteiger partial charge in [0.25, 0.3) is 0 Å². The zero-order valence-corrected chi connectivity index (χ0v) is 13.6. The molecule has 0 radical (unpaired) electrons. The van der Waals surface area contributed by atoms with Crippen molar-refractivity contribution in [3.8, 4) is 11.8 Å². The molecule has 1 aromatic heterocycles. The SMILES string of the molecule is Cc1nnc2n1-c1ccc(C#N)cc1C(c1ccc(Cl)cc1)=NC2. The van der Waals surface area contributed by atoms with Crippen LogP contribution in [-0.2, 0) is 6.54 Å². The Labute approximate surface area is 143 Å². The van der Waals surface area contributed by atoms with E-state index in [1.807, 2.05) is 47.9 Å². The molecule has 1 aliphatic heterocycles. The van der Waals surface area contributed by atoms with Gasteiger partial charge in [-0.05, 0) is 37.3 Å². The summed E-state index contributed by atoms with van der Waals surface area (Å²) < 4.78 is 1.99. The van der Waals surface area contributed by atoms with Gasteiger partial charge in [0.1, 0.15) is 12.4 Å². The van der Waals surface area contributed by atoms with E-state index in [0.717, 1.165) is 34.2 Å². The van der Waals surface area contributed by atoms with Gasteiger partial charge in [-0.1, -0.05) is 23.7 Å². The fourth-order valence-electron chi connectivity index (χ4n) is 2.90. The second-order valence-electron chi connectivity index (χ2n) is 5.51. The fourth-order valence-corrected chi connectivity index (χ4v) is 3.03. The first-order valence-electron chi connectivity index (χ1n) is 7.43.